The summed E-state index contributed by atoms with van der Waals surface area (Å²) in [6, 6.07) is 9.57. The molecule has 0 saturated carbocycles. The van der Waals surface area contributed by atoms with Crippen LogP contribution in [0.15, 0.2) is 53.3 Å². The summed E-state index contributed by atoms with van der Waals surface area (Å²) in [5.41, 5.74) is 0.835. The number of hydrogen-bond acceptors (Lipinski definition) is 4. The molecule has 21 heavy (non-hydrogen) atoms. The minimum absolute atomic E-state index is 0.0518. The first-order valence-electron chi connectivity index (χ1n) is 5.91. The Hall–Kier alpha value is -2.54. The third kappa shape index (κ3) is 3.96. The molecule has 0 bridgehead atoms. The first-order valence-corrected chi connectivity index (χ1v) is 6.70. The van der Waals surface area contributed by atoms with E-state index in [1.807, 2.05) is 0 Å². The van der Waals surface area contributed by atoms with Gasteiger partial charge in [-0.2, -0.15) is 0 Å². The second-order valence-electron chi connectivity index (χ2n) is 3.98. The zero-order chi connectivity index (χ0) is 15.2. The summed E-state index contributed by atoms with van der Waals surface area (Å²) in [6.45, 7) is 0. The minimum atomic E-state index is -0.491. The van der Waals surface area contributed by atoms with Crippen LogP contribution in [0.4, 0.5) is 11.4 Å². The molecule has 2 aromatic rings. The molecular formula is C14H10BrN3O3. The fraction of sp³-hybridized carbons (Fsp3) is 0. The topological polar surface area (TPSA) is 85.1 Å². The number of carbonyl (C=O) groups is 1. The maximum Gasteiger partial charge on any atom is 0.276 e. The zero-order valence-electron chi connectivity index (χ0n) is 10.7. The molecule has 1 amide bonds. The molecule has 0 aliphatic carbocycles. The molecule has 1 aromatic carbocycles. The fourth-order valence-corrected chi connectivity index (χ4v) is 1.96. The lowest BCUT2D eigenvalue weighted by Gasteiger charge is -2.03. The van der Waals surface area contributed by atoms with Crippen molar-refractivity contribution in [1.82, 2.24) is 4.98 Å². The Morgan fingerprint density at radius 3 is 2.76 bits per heavy atom. The Morgan fingerprint density at radius 2 is 2.05 bits per heavy atom. The van der Waals surface area contributed by atoms with Gasteiger partial charge < -0.3 is 5.32 Å². The van der Waals surface area contributed by atoms with Gasteiger partial charge in [0.25, 0.3) is 5.69 Å². The Balaban J connectivity index is 2.13. The molecule has 0 spiro atoms. The van der Waals surface area contributed by atoms with Gasteiger partial charge in [-0.15, -0.1) is 0 Å². The predicted octanol–water partition coefficient (Wildman–Crippen LogP) is 3.40. The van der Waals surface area contributed by atoms with E-state index in [0.29, 0.717) is 15.9 Å². The lowest BCUT2D eigenvalue weighted by Crippen LogP contribution is -2.08. The zero-order valence-corrected chi connectivity index (χ0v) is 12.3. The molecule has 0 radical (unpaired) electrons. The van der Waals surface area contributed by atoms with Crippen LogP contribution in [0.1, 0.15) is 5.56 Å². The molecule has 2 rings (SSSR count). The first-order chi connectivity index (χ1) is 10.1. The molecule has 106 valence electrons. The van der Waals surface area contributed by atoms with Gasteiger partial charge in [-0.05, 0) is 40.2 Å². The Morgan fingerprint density at radius 1 is 1.29 bits per heavy atom. The van der Waals surface area contributed by atoms with Gasteiger partial charge in [0, 0.05) is 18.3 Å². The molecule has 1 aromatic heterocycles. The van der Waals surface area contributed by atoms with Crippen LogP contribution in [0.2, 0.25) is 0 Å². The molecule has 1 N–H and O–H groups in total. The summed E-state index contributed by atoms with van der Waals surface area (Å²) in [6.07, 6.45) is 4.22. The van der Waals surface area contributed by atoms with Crippen molar-refractivity contribution in [3.63, 3.8) is 0 Å². The van der Waals surface area contributed by atoms with Crippen LogP contribution >= 0.6 is 15.9 Å². The highest BCUT2D eigenvalue weighted by atomic mass is 79.9. The van der Waals surface area contributed by atoms with Crippen LogP contribution in [0.25, 0.3) is 6.08 Å². The van der Waals surface area contributed by atoms with Gasteiger partial charge in [0.05, 0.1) is 16.2 Å². The number of aromatic nitrogens is 1. The van der Waals surface area contributed by atoms with Crippen molar-refractivity contribution in [1.29, 1.82) is 0 Å². The molecule has 0 unspecified atom stereocenters. The molecule has 6 nitrogen and oxygen atoms in total. The first kappa shape index (κ1) is 14.9. The number of nitrogens with zero attached hydrogens (tertiary/aromatic N) is 2. The van der Waals surface area contributed by atoms with Crippen molar-refractivity contribution in [2.45, 2.75) is 0 Å². The van der Waals surface area contributed by atoms with E-state index in [1.165, 1.54) is 18.2 Å². The average molecular weight is 348 g/mol. The Labute approximate surface area is 128 Å². The van der Waals surface area contributed by atoms with Gasteiger partial charge in [-0.25, -0.2) is 4.98 Å². The van der Waals surface area contributed by atoms with Crippen LogP contribution in [0.5, 0.6) is 0 Å². The third-order valence-electron chi connectivity index (χ3n) is 2.56. The van der Waals surface area contributed by atoms with E-state index in [1.54, 1.807) is 36.5 Å². The minimum Gasteiger partial charge on any atom is -0.320 e. The second kappa shape index (κ2) is 6.76. The van der Waals surface area contributed by atoms with E-state index in [2.05, 4.69) is 26.2 Å². The highest BCUT2D eigenvalue weighted by Crippen LogP contribution is 2.20. The van der Waals surface area contributed by atoms with Gasteiger partial charge >= 0.3 is 0 Å². The lowest BCUT2D eigenvalue weighted by molar-refractivity contribution is -0.385. The number of pyridine rings is 1. The Bertz CT molecular complexity index is 716. The quantitative estimate of drug-likeness (QED) is 0.397. The lowest BCUT2D eigenvalue weighted by atomic mass is 10.1. The summed E-state index contributed by atoms with van der Waals surface area (Å²) in [4.78, 5) is 26.1. The highest BCUT2D eigenvalue weighted by Gasteiger charge is 2.10. The predicted molar refractivity (Wildman–Crippen MR) is 82.7 cm³/mol. The number of rotatable bonds is 4. The number of benzene rings is 1. The molecule has 7 heteroatoms. The smallest absolute Gasteiger partial charge is 0.276 e. The molecule has 0 saturated heterocycles. The molecule has 0 aliphatic rings. The monoisotopic (exact) mass is 347 g/mol. The number of anilines is 1. The summed E-state index contributed by atoms with van der Waals surface area (Å²) in [5.74, 6) is -0.401. The van der Waals surface area contributed by atoms with E-state index < -0.39 is 10.8 Å². The van der Waals surface area contributed by atoms with Crippen LogP contribution in [-0.4, -0.2) is 15.8 Å². The number of hydrogen-bond donors (Lipinski definition) is 1. The van der Waals surface area contributed by atoms with Crippen LogP contribution < -0.4 is 5.32 Å². The third-order valence-corrected chi connectivity index (χ3v) is 3.20. The number of nitrogens with one attached hydrogen (secondary N) is 1. The number of halogens is 1. The SMILES string of the molecule is O=C(/C=C/c1ccccc1[N+](=O)[O-])Nc1cccnc1Br. The average Bonchev–Trinajstić information content (AvgIpc) is 2.48. The normalized spacial score (nSPS) is 10.5. The number of para-hydroxylation sites is 1. The van der Waals surface area contributed by atoms with Crippen molar-refractivity contribution in [2.24, 2.45) is 0 Å². The number of carbonyl (C=O) groups excluding carboxylic acids is 1. The van der Waals surface area contributed by atoms with Crippen molar-refractivity contribution >= 4 is 39.3 Å². The van der Waals surface area contributed by atoms with Gasteiger partial charge in [0.2, 0.25) is 5.91 Å². The van der Waals surface area contributed by atoms with Crippen LogP contribution in [0.3, 0.4) is 0 Å². The molecular weight excluding hydrogens is 338 g/mol. The van der Waals surface area contributed by atoms with E-state index in [-0.39, 0.29) is 5.69 Å². The van der Waals surface area contributed by atoms with Gasteiger partial charge in [0.15, 0.2) is 0 Å². The maximum atomic E-state index is 11.8. The van der Waals surface area contributed by atoms with Gasteiger partial charge in [-0.3, -0.25) is 14.9 Å². The summed E-state index contributed by atoms with van der Waals surface area (Å²) in [5, 5.41) is 13.5. The van der Waals surface area contributed by atoms with E-state index in [0.717, 1.165) is 0 Å². The van der Waals surface area contributed by atoms with Crippen molar-refractivity contribution < 1.29 is 9.72 Å². The highest BCUT2D eigenvalue weighted by molar-refractivity contribution is 9.10. The maximum absolute atomic E-state index is 11.8. The van der Waals surface area contributed by atoms with Crippen LogP contribution in [-0.2, 0) is 4.79 Å². The van der Waals surface area contributed by atoms with Crippen LogP contribution in [0, 0.1) is 10.1 Å². The molecule has 0 aliphatic heterocycles. The fourth-order valence-electron chi connectivity index (χ4n) is 1.61. The molecule has 0 fully saturated rings. The van der Waals surface area contributed by atoms with Gasteiger partial charge in [0.1, 0.15) is 4.60 Å². The number of nitro groups is 1. The number of nitro benzene ring substituents is 1. The number of amides is 1. The largest absolute Gasteiger partial charge is 0.320 e. The second-order valence-corrected chi connectivity index (χ2v) is 4.73. The molecule has 1 heterocycles. The van der Waals surface area contributed by atoms with Crippen molar-refractivity contribution in [3.8, 4) is 0 Å². The van der Waals surface area contributed by atoms with E-state index in [4.69, 9.17) is 0 Å². The van der Waals surface area contributed by atoms with Gasteiger partial charge in [-0.1, -0.05) is 12.1 Å². The van der Waals surface area contributed by atoms with Crippen molar-refractivity contribution in [3.05, 3.63) is 69.0 Å². The van der Waals surface area contributed by atoms with Crippen molar-refractivity contribution in [2.75, 3.05) is 5.32 Å². The van der Waals surface area contributed by atoms with E-state index in [9.17, 15) is 14.9 Å². The summed E-state index contributed by atoms with van der Waals surface area (Å²) >= 11 is 3.21. The molecule has 0 atom stereocenters. The summed E-state index contributed by atoms with van der Waals surface area (Å²) < 4.78 is 0.512. The van der Waals surface area contributed by atoms with E-state index >= 15 is 0 Å². The summed E-state index contributed by atoms with van der Waals surface area (Å²) in [7, 11) is 0. The standard InChI is InChI=1S/C14H10BrN3O3/c15-14-11(5-3-9-16-14)17-13(19)8-7-10-4-1-2-6-12(10)18(20)21/h1-9H,(H,17,19)/b8-7+. The Kier molecular flexibility index (Phi) is 4.78.